The second-order valence-corrected chi connectivity index (χ2v) is 8.74. The van der Waals surface area contributed by atoms with Crippen molar-refractivity contribution in [2.24, 2.45) is 0 Å². The molecule has 0 aliphatic carbocycles. The fourth-order valence-corrected chi connectivity index (χ4v) is 4.06. The van der Waals surface area contributed by atoms with E-state index in [1.54, 1.807) is 0 Å². The quantitative estimate of drug-likeness (QED) is 0.189. The van der Waals surface area contributed by atoms with Crippen molar-refractivity contribution in [3.8, 4) is 23.0 Å². The summed E-state index contributed by atoms with van der Waals surface area (Å²) >= 11 is 0. The molecule has 0 radical (unpaired) electrons. The van der Waals surface area contributed by atoms with Gasteiger partial charge in [-0.1, -0.05) is 86.3 Å². The lowest BCUT2D eigenvalue weighted by Crippen LogP contribution is -1.89. The van der Waals surface area contributed by atoms with Crippen LogP contribution in [0.5, 0.6) is 23.0 Å². The Morgan fingerprint density at radius 2 is 0.647 bits per heavy atom. The molecular formula is C32H34O2. The molecule has 2 nitrogen and oxygen atoms in total. The molecule has 34 heavy (non-hydrogen) atoms. The zero-order valence-electron chi connectivity index (χ0n) is 19.9. The van der Waals surface area contributed by atoms with Crippen LogP contribution in [0.15, 0.2) is 109 Å². The Morgan fingerprint density at radius 3 is 1.03 bits per heavy atom. The second-order valence-electron chi connectivity index (χ2n) is 8.74. The summed E-state index contributed by atoms with van der Waals surface area (Å²) in [7, 11) is 0. The first-order valence-corrected chi connectivity index (χ1v) is 12.5. The predicted molar refractivity (Wildman–Crippen MR) is 141 cm³/mol. The molecule has 0 bridgehead atoms. The van der Waals surface area contributed by atoms with Crippen LogP contribution in [0, 0.1) is 0 Å². The number of para-hydroxylation sites is 2. The molecule has 0 atom stereocenters. The highest BCUT2D eigenvalue weighted by Gasteiger charge is 2.00. The molecule has 0 N–H and O–H groups in total. The van der Waals surface area contributed by atoms with E-state index < -0.39 is 0 Å². The van der Waals surface area contributed by atoms with Gasteiger partial charge in [0.15, 0.2) is 0 Å². The maximum Gasteiger partial charge on any atom is 0.127 e. The molecule has 0 aromatic heterocycles. The molecule has 0 amide bonds. The minimum Gasteiger partial charge on any atom is -0.457 e. The Morgan fingerprint density at radius 1 is 0.324 bits per heavy atom. The minimum absolute atomic E-state index is 0.879. The summed E-state index contributed by atoms with van der Waals surface area (Å²) in [5, 5.41) is 0. The monoisotopic (exact) mass is 450 g/mol. The minimum atomic E-state index is 0.879. The molecule has 0 heterocycles. The zero-order valence-corrected chi connectivity index (χ0v) is 19.9. The van der Waals surface area contributed by atoms with Gasteiger partial charge in [0.2, 0.25) is 0 Å². The molecule has 174 valence electrons. The van der Waals surface area contributed by atoms with Gasteiger partial charge in [0.1, 0.15) is 23.0 Å². The van der Waals surface area contributed by atoms with Crippen molar-refractivity contribution in [3.63, 3.8) is 0 Å². The van der Waals surface area contributed by atoms with Gasteiger partial charge in [0.05, 0.1) is 0 Å². The van der Waals surface area contributed by atoms with E-state index in [2.05, 4.69) is 48.5 Å². The van der Waals surface area contributed by atoms with Crippen molar-refractivity contribution in [1.29, 1.82) is 0 Å². The van der Waals surface area contributed by atoms with Crippen molar-refractivity contribution in [1.82, 2.24) is 0 Å². The van der Waals surface area contributed by atoms with Gasteiger partial charge in [-0.2, -0.15) is 0 Å². The van der Waals surface area contributed by atoms with Crippen molar-refractivity contribution >= 4 is 0 Å². The first-order chi connectivity index (χ1) is 16.8. The highest BCUT2D eigenvalue weighted by Crippen LogP contribution is 2.23. The Labute approximate surface area is 204 Å². The van der Waals surface area contributed by atoms with Crippen LogP contribution in [0.25, 0.3) is 0 Å². The fourth-order valence-electron chi connectivity index (χ4n) is 4.06. The van der Waals surface area contributed by atoms with E-state index >= 15 is 0 Å². The third kappa shape index (κ3) is 8.12. The molecule has 4 aromatic rings. The van der Waals surface area contributed by atoms with Crippen LogP contribution < -0.4 is 9.47 Å². The van der Waals surface area contributed by atoms with Crippen LogP contribution in [0.4, 0.5) is 0 Å². The van der Waals surface area contributed by atoms with Crippen molar-refractivity contribution in [3.05, 3.63) is 120 Å². The predicted octanol–water partition coefficient (Wildman–Crippen LogP) is 9.40. The van der Waals surface area contributed by atoms with Crippen LogP contribution in [0.2, 0.25) is 0 Å². The van der Waals surface area contributed by atoms with Gasteiger partial charge in [0, 0.05) is 0 Å². The molecule has 0 spiro atoms. The first kappa shape index (κ1) is 23.6. The van der Waals surface area contributed by atoms with E-state index in [0.717, 1.165) is 35.8 Å². The summed E-state index contributed by atoms with van der Waals surface area (Å²) in [4.78, 5) is 0. The van der Waals surface area contributed by atoms with Crippen LogP contribution in [-0.2, 0) is 12.8 Å². The van der Waals surface area contributed by atoms with Gasteiger partial charge in [-0.3, -0.25) is 0 Å². The fraction of sp³-hybridized carbons (Fsp3) is 0.250. The lowest BCUT2D eigenvalue weighted by molar-refractivity contribution is 0.482. The van der Waals surface area contributed by atoms with Crippen LogP contribution in [0.3, 0.4) is 0 Å². The van der Waals surface area contributed by atoms with E-state index in [4.69, 9.17) is 9.47 Å². The van der Waals surface area contributed by atoms with Crippen LogP contribution in [-0.4, -0.2) is 0 Å². The molecule has 0 saturated heterocycles. The third-order valence-corrected chi connectivity index (χ3v) is 5.99. The van der Waals surface area contributed by atoms with Gasteiger partial charge in [-0.15, -0.1) is 0 Å². The van der Waals surface area contributed by atoms with E-state index in [9.17, 15) is 0 Å². The highest BCUT2D eigenvalue weighted by molar-refractivity contribution is 5.34. The Balaban J connectivity index is 1.05. The summed E-state index contributed by atoms with van der Waals surface area (Å²) in [6.07, 6.45) is 10.0. The largest absolute Gasteiger partial charge is 0.457 e. The average Bonchev–Trinajstić information content (AvgIpc) is 2.89. The number of aryl methyl sites for hydroxylation is 2. The van der Waals surface area contributed by atoms with Gasteiger partial charge in [-0.25, -0.2) is 0 Å². The number of rotatable bonds is 13. The zero-order chi connectivity index (χ0) is 23.3. The van der Waals surface area contributed by atoms with Crippen molar-refractivity contribution in [2.45, 2.75) is 51.4 Å². The normalized spacial score (nSPS) is 10.7. The molecule has 0 fully saturated rings. The van der Waals surface area contributed by atoms with Gasteiger partial charge in [0.25, 0.3) is 0 Å². The second kappa shape index (κ2) is 13.3. The van der Waals surface area contributed by atoms with E-state index in [0.29, 0.717) is 0 Å². The number of unbranched alkanes of at least 4 members (excludes halogenated alkanes) is 5. The van der Waals surface area contributed by atoms with E-state index in [-0.39, 0.29) is 0 Å². The molecule has 2 heteroatoms. The molecule has 4 aromatic carbocycles. The standard InChI is InChI=1S/C32H34O2/c1(3-7-13-27-19-23-31(24-20-27)33-29-15-9-5-10-16-29)2-4-8-14-28-21-25-32(26-22-28)34-30-17-11-6-12-18-30/h5-6,9-12,15-26H,1-4,7-8,13-14H2. The van der Waals surface area contributed by atoms with Crippen LogP contribution >= 0.6 is 0 Å². The molecule has 0 aliphatic heterocycles. The van der Waals surface area contributed by atoms with Gasteiger partial charge < -0.3 is 9.47 Å². The number of ether oxygens (including phenoxy) is 2. The summed E-state index contributed by atoms with van der Waals surface area (Å²) in [5.41, 5.74) is 2.78. The lowest BCUT2D eigenvalue weighted by atomic mass is 10.0. The molecular weight excluding hydrogens is 416 g/mol. The Bertz CT molecular complexity index is 980. The maximum atomic E-state index is 5.87. The van der Waals surface area contributed by atoms with E-state index in [1.807, 2.05) is 60.7 Å². The summed E-state index contributed by atoms with van der Waals surface area (Å²) < 4.78 is 11.7. The topological polar surface area (TPSA) is 18.5 Å². The molecule has 0 unspecified atom stereocenters. The SMILES string of the molecule is c1ccc(Oc2ccc(CCCCCCCCc3ccc(Oc4ccccc4)cc3)cc2)cc1. The van der Waals surface area contributed by atoms with E-state index in [1.165, 1.54) is 49.7 Å². The molecule has 4 rings (SSSR count). The number of hydrogen-bond acceptors (Lipinski definition) is 2. The smallest absolute Gasteiger partial charge is 0.127 e. The lowest BCUT2D eigenvalue weighted by Gasteiger charge is -2.07. The van der Waals surface area contributed by atoms with Crippen molar-refractivity contribution < 1.29 is 9.47 Å². The Kier molecular flexibility index (Phi) is 9.21. The van der Waals surface area contributed by atoms with Crippen LogP contribution in [0.1, 0.15) is 49.7 Å². The van der Waals surface area contributed by atoms with Gasteiger partial charge in [-0.05, 0) is 85.3 Å². The first-order valence-electron chi connectivity index (χ1n) is 12.5. The summed E-state index contributed by atoms with van der Waals surface area (Å²) in [5.74, 6) is 3.55. The molecule has 0 saturated carbocycles. The summed E-state index contributed by atoms with van der Waals surface area (Å²) in [6, 6.07) is 36.9. The third-order valence-electron chi connectivity index (χ3n) is 5.99. The van der Waals surface area contributed by atoms with Crippen molar-refractivity contribution in [2.75, 3.05) is 0 Å². The highest BCUT2D eigenvalue weighted by atomic mass is 16.5. The average molecular weight is 451 g/mol. The number of benzene rings is 4. The number of hydrogen-bond donors (Lipinski definition) is 0. The molecule has 0 aliphatic rings. The van der Waals surface area contributed by atoms with Gasteiger partial charge >= 0.3 is 0 Å². The maximum absolute atomic E-state index is 5.87. The summed E-state index contributed by atoms with van der Waals surface area (Å²) in [6.45, 7) is 0. The Hall–Kier alpha value is -3.52.